The van der Waals surface area contributed by atoms with E-state index in [2.05, 4.69) is 15.2 Å². The van der Waals surface area contributed by atoms with E-state index >= 15 is 0 Å². The quantitative estimate of drug-likeness (QED) is 0.389. The Labute approximate surface area is 124 Å². The zero-order chi connectivity index (χ0) is 15.1. The van der Waals surface area contributed by atoms with E-state index in [1.54, 1.807) is 7.05 Å². The van der Waals surface area contributed by atoms with Crippen molar-refractivity contribution >= 4 is 17.2 Å². The smallest absolute Gasteiger partial charge is 0.176 e. The predicted octanol–water partition coefficient (Wildman–Crippen LogP) is 4.16. The molecule has 0 saturated heterocycles. The molecule has 4 heteroatoms. The van der Waals surface area contributed by atoms with Crippen LogP contribution in [-0.2, 0) is 0 Å². The number of aliphatic imine (C=N–C) groups is 1. The Bertz CT molecular complexity index is 668. The third kappa shape index (κ3) is 3.86. The highest BCUT2D eigenvalue weighted by Crippen LogP contribution is 2.16. The second kappa shape index (κ2) is 7.14. The Hall–Kier alpha value is -2.75. The molecular weight excluding hydrogens is 260 g/mol. The standard InChI is InChI=1S/C17H18N4/c1-3-16(13-7-5-4-6-8-13)20-21-17(19-2)14-9-11-15(18)12-10-14/h3-12H,18H2,1-2H3/b16-3-,19-17?,21-20?. The topological polar surface area (TPSA) is 63.1 Å². The summed E-state index contributed by atoms with van der Waals surface area (Å²) in [6.07, 6.45) is 1.93. The molecular formula is C17H18N4. The van der Waals surface area contributed by atoms with Crippen molar-refractivity contribution in [3.8, 4) is 0 Å². The second-order valence-electron chi connectivity index (χ2n) is 4.41. The third-order valence-corrected chi connectivity index (χ3v) is 2.98. The number of nitrogens with zero attached hydrogens (tertiary/aromatic N) is 3. The molecule has 0 aliphatic heterocycles. The molecule has 0 spiro atoms. The van der Waals surface area contributed by atoms with Crippen molar-refractivity contribution < 1.29 is 0 Å². The Morgan fingerprint density at radius 1 is 0.905 bits per heavy atom. The summed E-state index contributed by atoms with van der Waals surface area (Å²) in [6, 6.07) is 17.3. The molecule has 0 radical (unpaired) electrons. The molecule has 21 heavy (non-hydrogen) atoms. The van der Waals surface area contributed by atoms with Crippen LogP contribution in [0.25, 0.3) is 5.70 Å². The first-order valence-corrected chi connectivity index (χ1v) is 6.70. The molecule has 2 aromatic carbocycles. The van der Waals surface area contributed by atoms with Gasteiger partial charge in [-0.1, -0.05) is 36.4 Å². The zero-order valence-electron chi connectivity index (χ0n) is 12.2. The third-order valence-electron chi connectivity index (χ3n) is 2.98. The number of amidine groups is 1. The Balaban J connectivity index is 2.24. The second-order valence-corrected chi connectivity index (χ2v) is 4.41. The maximum absolute atomic E-state index is 5.68. The predicted molar refractivity (Wildman–Crippen MR) is 88.3 cm³/mol. The number of rotatable bonds is 3. The summed E-state index contributed by atoms with van der Waals surface area (Å²) < 4.78 is 0. The van der Waals surface area contributed by atoms with Crippen LogP contribution in [0.4, 0.5) is 5.69 Å². The van der Waals surface area contributed by atoms with Gasteiger partial charge in [-0.25, -0.2) is 0 Å². The van der Waals surface area contributed by atoms with Gasteiger partial charge in [0.15, 0.2) is 5.84 Å². The molecule has 0 fully saturated rings. The summed E-state index contributed by atoms with van der Waals surface area (Å²) in [5.74, 6) is 0.574. The average Bonchev–Trinajstić information content (AvgIpc) is 2.54. The van der Waals surface area contributed by atoms with Gasteiger partial charge in [0.1, 0.15) is 0 Å². The molecule has 0 saturated carbocycles. The number of anilines is 1. The lowest BCUT2D eigenvalue weighted by atomic mass is 10.1. The molecule has 4 nitrogen and oxygen atoms in total. The van der Waals surface area contributed by atoms with Gasteiger partial charge in [0.2, 0.25) is 0 Å². The maximum atomic E-state index is 5.68. The Morgan fingerprint density at radius 2 is 1.57 bits per heavy atom. The van der Waals surface area contributed by atoms with E-state index in [0.29, 0.717) is 11.5 Å². The van der Waals surface area contributed by atoms with Crippen LogP contribution in [0.5, 0.6) is 0 Å². The van der Waals surface area contributed by atoms with Crippen molar-refractivity contribution in [2.45, 2.75) is 6.92 Å². The number of allylic oxidation sites excluding steroid dienone is 1. The highest BCUT2D eigenvalue weighted by atomic mass is 15.1. The van der Waals surface area contributed by atoms with Gasteiger partial charge in [0.25, 0.3) is 0 Å². The summed E-state index contributed by atoms with van der Waals surface area (Å²) in [5, 5.41) is 8.56. The normalized spacial score (nSPS) is 12.9. The van der Waals surface area contributed by atoms with Crippen molar-refractivity contribution in [3.05, 3.63) is 71.8 Å². The fourth-order valence-corrected chi connectivity index (χ4v) is 1.86. The molecule has 0 aromatic heterocycles. The molecule has 0 aliphatic carbocycles. The van der Waals surface area contributed by atoms with Crippen molar-refractivity contribution in [3.63, 3.8) is 0 Å². The van der Waals surface area contributed by atoms with Crippen LogP contribution in [0, 0.1) is 0 Å². The summed E-state index contributed by atoms with van der Waals surface area (Å²) in [5.41, 5.74) is 9.12. The van der Waals surface area contributed by atoms with Crippen molar-refractivity contribution in [1.29, 1.82) is 0 Å². The summed E-state index contributed by atoms with van der Waals surface area (Å²) in [4.78, 5) is 4.18. The van der Waals surface area contributed by atoms with E-state index in [-0.39, 0.29) is 0 Å². The van der Waals surface area contributed by atoms with E-state index in [9.17, 15) is 0 Å². The van der Waals surface area contributed by atoms with E-state index < -0.39 is 0 Å². The number of hydrogen-bond acceptors (Lipinski definition) is 3. The fraction of sp³-hybridized carbons (Fsp3) is 0.118. The number of nitrogens with two attached hydrogens (primary N) is 1. The largest absolute Gasteiger partial charge is 0.399 e. The molecule has 106 valence electrons. The zero-order valence-corrected chi connectivity index (χ0v) is 12.2. The van der Waals surface area contributed by atoms with Gasteiger partial charge >= 0.3 is 0 Å². The first kappa shape index (κ1) is 14.7. The molecule has 0 unspecified atom stereocenters. The van der Waals surface area contributed by atoms with Gasteiger partial charge in [-0.2, -0.15) is 0 Å². The molecule has 0 atom stereocenters. The first-order valence-electron chi connectivity index (χ1n) is 6.70. The summed E-state index contributed by atoms with van der Waals surface area (Å²) in [7, 11) is 1.70. The molecule has 0 bridgehead atoms. The number of benzene rings is 2. The molecule has 2 rings (SSSR count). The van der Waals surface area contributed by atoms with E-state index in [1.807, 2.05) is 67.6 Å². The van der Waals surface area contributed by atoms with Crippen LogP contribution in [-0.4, -0.2) is 12.9 Å². The maximum Gasteiger partial charge on any atom is 0.176 e. The highest BCUT2D eigenvalue weighted by Gasteiger charge is 2.02. The minimum Gasteiger partial charge on any atom is -0.399 e. The van der Waals surface area contributed by atoms with E-state index in [0.717, 1.165) is 16.8 Å². The van der Waals surface area contributed by atoms with Crippen LogP contribution in [0.1, 0.15) is 18.1 Å². The highest BCUT2D eigenvalue weighted by molar-refractivity contribution is 5.99. The first-order chi connectivity index (χ1) is 10.2. The molecule has 0 aliphatic rings. The Morgan fingerprint density at radius 3 is 2.14 bits per heavy atom. The van der Waals surface area contributed by atoms with Crippen molar-refractivity contribution in [2.75, 3.05) is 12.8 Å². The average molecular weight is 278 g/mol. The lowest BCUT2D eigenvalue weighted by molar-refractivity contribution is 1.24. The van der Waals surface area contributed by atoms with Crippen LogP contribution < -0.4 is 5.73 Å². The Kier molecular flexibility index (Phi) is 4.99. The summed E-state index contributed by atoms with van der Waals surface area (Å²) >= 11 is 0. The lowest BCUT2D eigenvalue weighted by Crippen LogP contribution is -1.97. The fourth-order valence-electron chi connectivity index (χ4n) is 1.86. The minimum atomic E-state index is 0.574. The number of azo groups is 1. The van der Waals surface area contributed by atoms with Gasteiger partial charge in [0.05, 0.1) is 5.70 Å². The summed E-state index contributed by atoms with van der Waals surface area (Å²) in [6.45, 7) is 1.94. The monoisotopic (exact) mass is 278 g/mol. The number of nitrogen functional groups attached to an aromatic ring is 1. The van der Waals surface area contributed by atoms with Crippen LogP contribution in [0.15, 0.2) is 75.9 Å². The molecule has 2 N–H and O–H groups in total. The van der Waals surface area contributed by atoms with Crippen LogP contribution >= 0.6 is 0 Å². The SMILES string of the molecule is C/C=C(\N=NC(=NC)c1ccc(N)cc1)c1ccccc1. The molecule has 2 aromatic rings. The molecule has 0 amide bonds. The van der Waals surface area contributed by atoms with Gasteiger partial charge in [-0.15, -0.1) is 10.2 Å². The minimum absolute atomic E-state index is 0.574. The van der Waals surface area contributed by atoms with Gasteiger partial charge in [-0.05, 0) is 31.2 Å². The lowest BCUT2D eigenvalue weighted by Gasteiger charge is -2.02. The van der Waals surface area contributed by atoms with E-state index in [4.69, 9.17) is 5.73 Å². The van der Waals surface area contributed by atoms with Gasteiger partial charge in [0, 0.05) is 23.9 Å². The van der Waals surface area contributed by atoms with Crippen molar-refractivity contribution in [2.24, 2.45) is 15.2 Å². The van der Waals surface area contributed by atoms with E-state index in [1.165, 1.54) is 0 Å². The molecule has 0 heterocycles. The van der Waals surface area contributed by atoms with Gasteiger partial charge in [-0.3, -0.25) is 4.99 Å². The van der Waals surface area contributed by atoms with Crippen LogP contribution in [0.3, 0.4) is 0 Å². The number of hydrogen-bond donors (Lipinski definition) is 1. The van der Waals surface area contributed by atoms with Gasteiger partial charge < -0.3 is 5.73 Å². The van der Waals surface area contributed by atoms with Crippen LogP contribution in [0.2, 0.25) is 0 Å². The van der Waals surface area contributed by atoms with Crippen molar-refractivity contribution in [1.82, 2.24) is 0 Å².